The van der Waals surface area contributed by atoms with Crippen molar-refractivity contribution in [3.05, 3.63) is 65.2 Å². The Bertz CT molecular complexity index is 717. The second-order valence-electron chi connectivity index (χ2n) is 6.98. The Morgan fingerprint density at radius 1 is 1.11 bits per heavy atom. The fourth-order valence-corrected chi connectivity index (χ4v) is 3.81. The first kappa shape index (κ1) is 22.7. The van der Waals surface area contributed by atoms with Gasteiger partial charge < -0.3 is 14.5 Å². The van der Waals surface area contributed by atoms with E-state index in [0.29, 0.717) is 5.02 Å². The predicted octanol–water partition coefficient (Wildman–Crippen LogP) is 4.45. The highest BCUT2D eigenvalue weighted by atomic mass is 35.5. The first-order chi connectivity index (χ1) is 13.2. The molecule has 1 heterocycles. The normalized spacial score (nSPS) is 15.1. The van der Waals surface area contributed by atoms with Crippen LogP contribution in [0.4, 0.5) is 5.69 Å². The van der Waals surface area contributed by atoms with Crippen molar-refractivity contribution in [1.82, 2.24) is 4.90 Å². The number of hydrogen-bond donors (Lipinski definition) is 0. The second kappa shape index (κ2) is 11.4. The molecule has 2 aromatic rings. The Kier molecular flexibility index (Phi) is 9.26. The maximum Gasteiger partial charge on any atom is 0.253 e. The number of piperidine rings is 1. The van der Waals surface area contributed by atoms with Crippen molar-refractivity contribution >= 4 is 35.6 Å². The summed E-state index contributed by atoms with van der Waals surface area (Å²) in [5, 5.41) is 0.675. The maximum atomic E-state index is 12.7. The molecule has 0 unspecified atom stereocenters. The van der Waals surface area contributed by atoms with Crippen LogP contribution in [0, 0.1) is 0 Å². The zero-order valence-electron chi connectivity index (χ0n) is 16.2. The monoisotopic (exact) mass is 422 g/mol. The summed E-state index contributed by atoms with van der Waals surface area (Å²) >= 11 is 6.01. The van der Waals surface area contributed by atoms with Gasteiger partial charge in [0.05, 0.1) is 0 Å². The number of methoxy groups -OCH3 is 1. The van der Waals surface area contributed by atoms with E-state index in [1.54, 1.807) is 7.11 Å². The van der Waals surface area contributed by atoms with Gasteiger partial charge in [0, 0.05) is 43.5 Å². The summed E-state index contributed by atoms with van der Waals surface area (Å²) in [6, 6.07) is 18.3. The van der Waals surface area contributed by atoms with Gasteiger partial charge in [0.15, 0.2) is 0 Å². The van der Waals surface area contributed by atoms with Crippen LogP contribution < -0.4 is 4.90 Å². The van der Waals surface area contributed by atoms with Crippen LogP contribution in [0.3, 0.4) is 0 Å². The van der Waals surface area contributed by atoms with Crippen LogP contribution in [0.25, 0.3) is 0 Å². The Labute approximate surface area is 178 Å². The first-order valence-electron chi connectivity index (χ1n) is 9.50. The lowest BCUT2D eigenvalue weighted by atomic mass is 10.0. The lowest BCUT2D eigenvalue weighted by molar-refractivity contribution is -0.122. The topological polar surface area (TPSA) is 32.8 Å². The van der Waals surface area contributed by atoms with Crippen molar-refractivity contribution in [3.8, 4) is 0 Å². The van der Waals surface area contributed by atoms with Gasteiger partial charge in [-0.2, -0.15) is 0 Å². The quantitative estimate of drug-likeness (QED) is 0.660. The molecule has 0 aromatic heterocycles. The molecule has 0 aliphatic carbocycles. The smallest absolute Gasteiger partial charge is 0.253 e. The number of anilines is 1. The number of nitrogens with zero attached hydrogens (tertiary/aromatic N) is 2. The highest BCUT2D eigenvalue weighted by Gasteiger charge is 2.29. The molecule has 0 N–H and O–H groups in total. The summed E-state index contributed by atoms with van der Waals surface area (Å²) in [5.41, 5.74) is 2.27. The third kappa shape index (κ3) is 6.21. The fraction of sp³-hybridized carbons (Fsp3) is 0.409. The largest absolute Gasteiger partial charge is 0.375 e. The molecule has 1 saturated heterocycles. The number of ether oxygens (including phenoxy) is 1. The molecule has 1 aliphatic rings. The number of carbonyl (C=O) groups is 1. The van der Waals surface area contributed by atoms with Gasteiger partial charge in [-0.25, -0.2) is 0 Å². The molecular formula is C22H28Cl2N2O2. The van der Waals surface area contributed by atoms with Crippen molar-refractivity contribution in [3.63, 3.8) is 0 Å². The summed E-state index contributed by atoms with van der Waals surface area (Å²) in [7, 11) is 1.56. The van der Waals surface area contributed by atoms with E-state index < -0.39 is 0 Å². The van der Waals surface area contributed by atoms with Gasteiger partial charge in [-0.05, 0) is 49.1 Å². The van der Waals surface area contributed by atoms with Crippen LogP contribution in [0.1, 0.15) is 18.4 Å². The van der Waals surface area contributed by atoms with Crippen molar-refractivity contribution in [2.24, 2.45) is 0 Å². The molecule has 0 bridgehead atoms. The van der Waals surface area contributed by atoms with Gasteiger partial charge in [-0.3, -0.25) is 4.79 Å². The zero-order valence-corrected chi connectivity index (χ0v) is 17.8. The van der Waals surface area contributed by atoms with Gasteiger partial charge in [-0.1, -0.05) is 41.9 Å². The van der Waals surface area contributed by atoms with Crippen molar-refractivity contribution in [2.45, 2.75) is 25.3 Å². The van der Waals surface area contributed by atoms with Crippen LogP contribution in [0.5, 0.6) is 0 Å². The summed E-state index contributed by atoms with van der Waals surface area (Å²) < 4.78 is 5.10. The third-order valence-corrected chi connectivity index (χ3v) is 5.38. The molecule has 6 heteroatoms. The van der Waals surface area contributed by atoms with Crippen LogP contribution in [0.15, 0.2) is 54.6 Å². The molecule has 4 nitrogen and oxygen atoms in total. The van der Waals surface area contributed by atoms with E-state index in [1.165, 1.54) is 5.56 Å². The fourth-order valence-electron chi connectivity index (χ4n) is 3.69. The molecule has 3 rings (SSSR count). The summed E-state index contributed by atoms with van der Waals surface area (Å²) in [5.74, 6) is 0.00237. The Morgan fingerprint density at radius 3 is 2.36 bits per heavy atom. The van der Waals surface area contributed by atoms with Crippen LogP contribution >= 0.6 is 24.0 Å². The lowest BCUT2D eigenvalue weighted by Crippen LogP contribution is -2.49. The molecule has 28 heavy (non-hydrogen) atoms. The molecule has 1 amide bonds. The van der Waals surface area contributed by atoms with Crippen molar-refractivity contribution in [1.29, 1.82) is 0 Å². The van der Waals surface area contributed by atoms with E-state index in [-0.39, 0.29) is 31.0 Å². The van der Waals surface area contributed by atoms with Crippen LogP contribution in [-0.4, -0.2) is 50.2 Å². The molecule has 152 valence electrons. The summed E-state index contributed by atoms with van der Waals surface area (Å²) in [4.78, 5) is 17.1. The first-order valence-corrected chi connectivity index (χ1v) is 9.88. The van der Waals surface area contributed by atoms with E-state index in [9.17, 15) is 4.79 Å². The van der Waals surface area contributed by atoms with Crippen molar-refractivity contribution < 1.29 is 9.53 Å². The van der Waals surface area contributed by atoms with E-state index >= 15 is 0 Å². The average Bonchev–Trinajstić information content (AvgIpc) is 2.70. The lowest BCUT2D eigenvalue weighted by Gasteiger charge is -2.38. The summed E-state index contributed by atoms with van der Waals surface area (Å²) in [6.45, 7) is 3.16. The van der Waals surface area contributed by atoms with E-state index in [4.69, 9.17) is 16.3 Å². The Morgan fingerprint density at radius 2 is 1.75 bits per heavy atom. The number of likely N-dealkylation sites (tertiary alicyclic amines) is 1. The van der Waals surface area contributed by atoms with Gasteiger partial charge >= 0.3 is 0 Å². The van der Waals surface area contributed by atoms with E-state index in [2.05, 4.69) is 35.2 Å². The highest BCUT2D eigenvalue weighted by Crippen LogP contribution is 2.25. The van der Waals surface area contributed by atoms with Gasteiger partial charge in [-0.15, -0.1) is 12.4 Å². The number of hydrogen-bond acceptors (Lipinski definition) is 3. The molecule has 0 atom stereocenters. The minimum Gasteiger partial charge on any atom is -0.375 e. The van der Waals surface area contributed by atoms with Gasteiger partial charge in [0.1, 0.15) is 6.61 Å². The third-order valence-electron chi connectivity index (χ3n) is 5.12. The van der Waals surface area contributed by atoms with Gasteiger partial charge in [0.2, 0.25) is 0 Å². The summed E-state index contributed by atoms with van der Waals surface area (Å²) in [6.07, 6.45) is 2.99. The molecule has 2 aromatic carbocycles. The predicted molar refractivity (Wildman–Crippen MR) is 118 cm³/mol. The molecule has 0 radical (unpaired) electrons. The average molecular weight is 423 g/mol. The number of benzene rings is 2. The number of carbonyl (C=O) groups excluding carboxylic acids is 1. The molecule has 1 fully saturated rings. The zero-order chi connectivity index (χ0) is 19.1. The molecular weight excluding hydrogens is 395 g/mol. The molecule has 1 aliphatic heterocycles. The number of halogens is 2. The Hall–Kier alpha value is -1.59. The van der Waals surface area contributed by atoms with Crippen LogP contribution in [0.2, 0.25) is 5.02 Å². The number of rotatable bonds is 7. The molecule has 0 spiro atoms. The van der Waals surface area contributed by atoms with Crippen molar-refractivity contribution in [2.75, 3.05) is 38.3 Å². The standard InChI is InChI=1S/C22H27ClN2O2.ClH/c1-27-17-22(26)25(20-9-7-19(23)8-10-20)21-12-15-24(16-13-21)14-11-18-5-3-2-4-6-18;/h2-10,21H,11-17H2,1H3;1H. The van der Waals surface area contributed by atoms with E-state index in [1.807, 2.05) is 29.2 Å². The molecule has 0 saturated carbocycles. The SMILES string of the molecule is COCC(=O)N(c1ccc(Cl)cc1)C1CCN(CCc2ccccc2)CC1.Cl. The highest BCUT2D eigenvalue weighted by molar-refractivity contribution is 6.30. The van der Waals surface area contributed by atoms with Gasteiger partial charge in [0.25, 0.3) is 5.91 Å². The minimum atomic E-state index is 0. The van der Waals surface area contributed by atoms with Crippen LogP contribution in [-0.2, 0) is 16.0 Å². The Balaban J connectivity index is 0.00000280. The maximum absolute atomic E-state index is 12.7. The van der Waals surface area contributed by atoms with E-state index in [0.717, 1.165) is 44.6 Å². The minimum absolute atomic E-state index is 0. The number of amides is 1. The second-order valence-corrected chi connectivity index (χ2v) is 7.42.